The summed E-state index contributed by atoms with van der Waals surface area (Å²) in [6.07, 6.45) is 0.299. The van der Waals surface area contributed by atoms with Crippen LogP contribution in [0.5, 0.6) is 0 Å². The van der Waals surface area contributed by atoms with E-state index in [1.54, 1.807) is 6.92 Å². The molecule has 0 aromatic carbocycles. The highest BCUT2D eigenvalue weighted by molar-refractivity contribution is 5.69. The van der Waals surface area contributed by atoms with E-state index in [1.165, 1.54) is 0 Å². The molecule has 0 saturated carbocycles. The molecule has 0 aliphatic rings. The Labute approximate surface area is 91.7 Å². The summed E-state index contributed by atoms with van der Waals surface area (Å²) < 4.78 is 0. The molecule has 15 heavy (non-hydrogen) atoms. The molecule has 0 aromatic heterocycles. The number of nitrogens with one attached hydrogen (secondary N) is 1. The minimum atomic E-state index is -0.812. The van der Waals surface area contributed by atoms with Gasteiger partial charge in [0.05, 0.1) is 12.0 Å². The zero-order valence-electron chi connectivity index (χ0n) is 10.1. The van der Waals surface area contributed by atoms with Gasteiger partial charge in [-0.2, -0.15) is 0 Å². The SMILES string of the molecule is CC(CNCC(O)CC(C)(C)C)C(=O)O. The number of aliphatic hydroxyl groups excluding tert-OH is 1. The van der Waals surface area contributed by atoms with E-state index in [0.717, 1.165) is 0 Å². The van der Waals surface area contributed by atoms with Crippen LogP contribution in [0.3, 0.4) is 0 Å². The average Bonchev–Trinajstić information content (AvgIpc) is 2.00. The van der Waals surface area contributed by atoms with E-state index in [1.807, 2.05) is 0 Å². The van der Waals surface area contributed by atoms with Gasteiger partial charge in [0.25, 0.3) is 0 Å². The molecule has 2 unspecified atom stereocenters. The van der Waals surface area contributed by atoms with Crippen LogP contribution in [0, 0.1) is 11.3 Å². The summed E-state index contributed by atoms with van der Waals surface area (Å²) in [6, 6.07) is 0. The molecule has 0 aliphatic heterocycles. The topological polar surface area (TPSA) is 69.6 Å². The summed E-state index contributed by atoms with van der Waals surface area (Å²) >= 11 is 0. The monoisotopic (exact) mass is 217 g/mol. The van der Waals surface area contributed by atoms with Crippen LogP contribution < -0.4 is 5.32 Å². The van der Waals surface area contributed by atoms with E-state index in [9.17, 15) is 9.90 Å². The predicted molar refractivity (Wildman–Crippen MR) is 59.7 cm³/mol. The van der Waals surface area contributed by atoms with Gasteiger partial charge in [-0.05, 0) is 11.8 Å². The zero-order chi connectivity index (χ0) is 12.1. The third kappa shape index (κ3) is 8.39. The molecule has 0 aromatic rings. The summed E-state index contributed by atoms with van der Waals surface area (Å²) in [5.74, 6) is -1.22. The second-order valence-electron chi connectivity index (χ2n) is 5.32. The van der Waals surface area contributed by atoms with Crippen LogP contribution in [0.15, 0.2) is 0 Å². The van der Waals surface area contributed by atoms with Gasteiger partial charge in [0.15, 0.2) is 0 Å². The molecular weight excluding hydrogens is 194 g/mol. The van der Waals surface area contributed by atoms with Gasteiger partial charge in [-0.3, -0.25) is 4.79 Å². The van der Waals surface area contributed by atoms with Crippen molar-refractivity contribution in [2.45, 2.75) is 40.2 Å². The first-order valence-electron chi connectivity index (χ1n) is 5.34. The molecule has 0 saturated heterocycles. The molecule has 4 nitrogen and oxygen atoms in total. The maximum Gasteiger partial charge on any atom is 0.307 e. The fraction of sp³-hybridized carbons (Fsp3) is 0.909. The Morgan fingerprint density at radius 1 is 1.33 bits per heavy atom. The second kappa shape index (κ2) is 6.08. The van der Waals surface area contributed by atoms with Crippen LogP contribution in [0.4, 0.5) is 0 Å². The summed E-state index contributed by atoms with van der Waals surface area (Å²) in [4.78, 5) is 10.5. The van der Waals surface area contributed by atoms with Crippen molar-refractivity contribution in [2.24, 2.45) is 11.3 Å². The molecule has 0 rings (SSSR count). The van der Waals surface area contributed by atoms with Gasteiger partial charge < -0.3 is 15.5 Å². The van der Waals surface area contributed by atoms with Crippen molar-refractivity contribution in [3.63, 3.8) is 0 Å². The standard InChI is InChI=1S/C11H23NO3/c1-8(10(14)15)6-12-7-9(13)5-11(2,3)4/h8-9,12-13H,5-7H2,1-4H3,(H,14,15). The molecule has 0 heterocycles. The Morgan fingerprint density at radius 3 is 2.27 bits per heavy atom. The quantitative estimate of drug-likeness (QED) is 0.623. The molecule has 0 spiro atoms. The summed E-state index contributed by atoms with van der Waals surface area (Å²) in [7, 11) is 0. The molecule has 90 valence electrons. The molecule has 2 atom stereocenters. The smallest absolute Gasteiger partial charge is 0.307 e. The number of carboxylic acid groups (broad SMARTS) is 1. The maximum atomic E-state index is 10.5. The molecule has 0 bridgehead atoms. The number of hydrogen-bond acceptors (Lipinski definition) is 3. The van der Waals surface area contributed by atoms with E-state index in [2.05, 4.69) is 26.1 Å². The van der Waals surface area contributed by atoms with Crippen LogP contribution in [0.2, 0.25) is 0 Å². The van der Waals surface area contributed by atoms with Crippen LogP contribution in [0.25, 0.3) is 0 Å². The lowest BCUT2D eigenvalue weighted by molar-refractivity contribution is -0.141. The van der Waals surface area contributed by atoms with Crippen molar-refractivity contribution in [3.8, 4) is 0 Å². The van der Waals surface area contributed by atoms with Crippen molar-refractivity contribution in [1.29, 1.82) is 0 Å². The Morgan fingerprint density at radius 2 is 1.87 bits per heavy atom. The largest absolute Gasteiger partial charge is 0.481 e. The normalized spacial score (nSPS) is 16.1. The molecular formula is C11H23NO3. The summed E-state index contributed by atoms with van der Waals surface area (Å²) in [6.45, 7) is 8.69. The van der Waals surface area contributed by atoms with Gasteiger partial charge in [0.2, 0.25) is 0 Å². The summed E-state index contributed by atoms with van der Waals surface area (Å²) in [5, 5.41) is 21.2. The van der Waals surface area contributed by atoms with Crippen LogP contribution in [-0.4, -0.2) is 35.4 Å². The number of hydrogen-bond donors (Lipinski definition) is 3. The fourth-order valence-corrected chi connectivity index (χ4v) is 1.33. The van der Waals surface area contributed by atoms with Gasteiger partial charge in [0.1, 0.15) is 0 Å². The minimum absolute atomic E-state index is 0.0967. The van der Waals surface area contributed by atoms with Crippen molar-refractivity contribution in [1.82, 2.24) is 5.32 Å². The Balaban J connectivity index is 3.64. The van der Waals surface area contributed by atoms with E-state index in [4.69, 9.17) is 5.11 Å². The maximum absolute atomic E-state index is 10.5. The van der Waals surface area contributed by atoms with Gasteiger partial charge in [0, 0.05) is 13.1 Å². The number of rotatable bonds is 6. The molecule has 0 fully saturated rings. The fourth-order valence-electron chi connectivity index (χ4n) is 1.33. The van der Waals surface area contributed by atoms with Crippen LogP contribution >= 0.6 is 0 Å². The lowest BCUT2D eigenvalue weighted by atomic mass is 9.89. The zero-order valence-corrected chi connectivity index (χ0v) is 10.1. The number of aliphatic carboxylic acids is 1. The third-order valence-electron chi connectivity index (χ3n) is 2.10. The number of carbonyl (C=O) groups is 1. The first-order valence-corrected chi connectivity index (χ1v) is 5.34. The molecule has 3 N–H and O–H groups in total. The molecule has 0 radical (unpaired) electrons. The highest BCUT2D eigenvalue weighted by atomic mass is 16.4. The molecule has 0 aliphatic carbocycles. The molecule has 4 heteroatoms. The van der Waals surface area contributed by atoms with E-state index in [-0.39, 0.29) is 5.41 Å². The van der Waals surface area contributed by atoms with E-state index in [0.29, 0.717) is 19.5 Å². The highest BCUT2D eigenvalue weighted by Crippen LogP contribution is 2.20. The second-order valence-corrected chi connectivity index (χ2v) is 5.32. The highest BCUT2D eigenvalue weighted by Gasteiger charge is 2.17. The van der Waals surface area contributed by atoms with Gasteiger partial charge in [-0.25, -0.2) is 0 Å². The van der Waals surface area contributed by atoms with Crippen molar-refractivity contribution in [2.75, 3.05) is 13.1 Å². The third-order valence-corrected chi connectivity index (χ3v) is 2.10. The average molecular weight is 217 g/mol. The van der Waals surface area contributed by atoms with E-state index < -0.39 is 18.0 Å². The van der Waals surface area contributed by atoms with Gasteiger partial charge in [-0.1, -0.05) is 27.7 Å². The summed E-state index contributed by atoms with van der Waals surface area (Å²) in [5.41, 5.74) is 0.0967. The minimum Gasteiger partial charge on any atom is -0.481 e. The Hall–Kier alpha value is -0.610. The van der Waals surface area contributed by atoms with Crippen LogP contribution in [0.1, 0.15) is 34.1 Å². The number of carboxylic acids is 1. The van der Waals surface area contributed by atoms with Gasteiger partial charge in [-0.15, -0.1) is 0 Å². The number of aliphatic hydroxyl groups is 1. The van der Waals surface area contributed by atoms with Crippen LogP contribution in [-0.2, 0) is 4.79 Å². The first-order chi connectivity index (χ1) is 6.72. The first kappa shape index (κ1) is 14.4. The molecule has 0 amide bonds. The van der Waals surface area contributed by atoms with E-state index >= 15 is 0 Å². The van der Waals surface area contributed by atoms with Crippen molar-refractivity contribution >= 4 is 5.97 Å². The lowest BCUT2D eigenvalue weighted by Crippen LogP contribution is -2.34. The van der Waals surface area contributed by atoms with Crippen molar-refractivity contribution in [3.05, 3.63) is 0 Å². The van der Waals surface area contributed by atoms with Gasteiger partial charge >= 0.3 is 5.97 Å². The Kier molecular flexibility index (Phi) is 5.83. The predicted octanol–water partition coefficient (Wildman–Crippen LogP) is 1.09. The Bertz CT molecular complexity index is 198. The van der Waals surface area contributed by atoms with Crippen molar-refractivity contribution < 1.29 is 15.0 Å². The lowest BCUT2D eigenvalue weighted by Gasteiger charge is -2.22.